The predicted octanol–water partition coefficient (Wildman–Crippen LogP) is 2.69. The fourth-order valence-corrected chi connectivity index (χ4v) is 5.26. The largest absolute Gasteiger partial charge is 0.368 e. The van der Waals surface area contributed by atoms with Gasteiger partial charge in [-0.2, -0.15) is 4.98 Å². The van der Waals surface area contributed by atoms with Gasteiger partial charge in [0.25, 0.3) is 0 Å². The van der Waals surface area contributed by atoms with Crippen molar-refractivity contribution in [3.05, 3.63) is 0 Å². The fraction of sp³-hybridized carbons (Fsp3) is 0.833. The molecule has 0 unspecified atom stereocenters. The molecule has 0 saturated heterocycles. The second kappa shape index (κ2) is 3.40. The number of nitrogens with zero attached hydrogens (tertiary/aromatic N) is 2. The normalized spacial score (nSPS) is 38.8. The smallest absolute Gasteiger partial charge is 0.216 e. The summed E-state index contributed by atoms with van der Waals surface area (Å²) in [6.45, 7) is 7.29. The first kappa shape index (κ1) is 11.4. The van der Waals surface area contributed by atoms with E-state index in [-0.39, 0.29) is 0 Å². The molecule has 3 N–H and O–H groups in total. The summed E-state index contributed by atoms with van der Waals surface area (Å²) in [7, 11) is 0. The number of thioether (sulfide) groups is 1. The number of nitrogens with two attached hydrogens (primary N) is 1. The standard InChI is InChI=1S/C12H20N4S/c1-11(2)7-4-5-12(11,3)8(6-7)17-10-14-9(13)15-16-10/h7-8H,4-6H2,1-3H3,(H3,13,14,15,16)/t7-,8+,12+/m1/s1. The molecule has 2 aliphatic rings. The van der Waals surface area contributed by atoms with E-state index in [1.165, 1.54) is 19.3 Å². The lowest BCUT2D eigenvalue weighted by Crippen LogP contribution is -2.33. The zero-order chi connectivity index (χ0) is 12.3. The molecule has 4 nitrogen and oxygen atoms in total. The van der Waals surface area contributed by atoms with Crippen LogP contribution in [0.4, 0.5) is 5.95 Å². The maximum atomic E-state index is 5.57. The molecule has 1 aromatic heterocycles. The lowest BCUT2D eigenvalue weighted by Gasteiger charge is -2.38. The number of aromatic nitrogens is 3. The van der Waals surface area contributed by atoms with Crippen LogP contribution in [0.3, 0.4) is 0 Å². The van der Waals surface area contributed by atoms with Gasteiger partial charge < -0.3 is 5.73 Å². The monoisotopic (exact) mass is 252 g/mol. The maximum absolute atomic E-state index is 5.57. The highest BCUT2D eigenvalue weighted by Gasteiger charge is 2.61. The number of hydrogen-bond acceptors (Lipinski definition) is 4. The van der Waals surface area contributed by atoms with Crippen LogP contribution in [0.2, 0.25) is 0 Å². The van der Waals surface area contributed by atoms with Crippen molar-refractivity contribution in [2.75, 3.05) is 5.73 Å². The summed E-state index contributed by atoms with van der Waals surface area (Å²) < 4.78 is 0. The number of H-pyrrole nitrogens is 1. The van der Waals surface area contributed by atoms with E-state index < -0.39 is 0 Å². The summed E-state index contributed by atoms with van der Waals surface area (Å²) in [6, 6.07) is 0. The Morgan fingerprint density at radius 3 is 2.65 bits per heavy atom. The van der Waals surface area contributed by atoms with Gasteiger partial charge in [-0.15, -0.1) is 5.10 Å². The molecule has 3 rings (SSSR count). The summed E-state index contributed by atoms with van der Waals surface area (Å²) in [4.78, 5) is 4.21. The van der Waals surface area contributed by atoms with E-state index in [1.54, 1.807) is 11.8 Å². The highest BCUT2D eigenvalue weighted by atomic mass is 32.2. The van der Waals surface area contributed by atoms with E-state index >= 15 is 0 Å². The van der Waals surface area contributed by atoms with Crippen LogP contribution in [0.15, 0.2) is 5.16 Å². The van der Waals surface area contributed by atoms with E-state index in [2.05, 4.69) is 36.0 Å². The Labute approximate surface area is 106 Å². The van der Waals surface area contributed by atoms with Crippen molar-refractivity contribution < 1.29 is 0 Å². The van der Waals surface area contributed by atoms with Crippen molar-refractivity contribution in [2.24, 2.45) is 16.7 Å². The summed E-state index contributed by atoms with van der Waals surface area (Å²) in [5.74, 6) is 1.28. The van der Waals surface area contributed by atoms with Crippen molar-refractivity contribution >= 4 is 17.7 Å². The van der Waals surface area contributed by atoms with Gasteiger partial charge in [0.15, 0.2) is 0 Å². The average molecular weight is 252 g/mol. The van der Waals surface area contributed by atoms with E-state index in [1.807, 2.05) is 0 Å². The van der Waals surface area contributed by atoms with Gasteiger partial charge in [0.1, 0.15) is 0 Å². The number of fused-ring (bicyclic) bond motifs is 2. The van der Waals surface area contributed by atoms with Crippen LogP contribution >= 0.6 is 11.8 Å². The molecule has 2 aliphatic carbocycles. The highest BCUT2D eigenvalue weighted by molar-refractivity contribution is 7.99. The predicted molar refractivity (Wildman–Crippen MR) is 69.7 cm³/mol. The molecule has 2 fully saturated rings. The highest BCUT2D eigenvalue weighted by Crippen LogP contribution is 2.68. The summed E-state index contributed by atoms with van der Waals surface area (Å²) in [5.41, 5.74) is 6.44. The Bertz CT molecular complexity index is 441. The zero-order valence-electron chi connectivity index (χ0n) is 10.7. The lowest BCUT2D eigenvalue weighted by atomic mass is 9.71. The van der Waals surface area contributed by atoms with Crippen LogP contribution in [0.1, 0.15) is 40.0 Å². The number of aromatic amines is 1. The summed E-state index contributed by atoms with van der Waals surface area (Å²) in [6.07, 6.45) is 4.02. The summed E-state index contributed by atoms with van der Waals surface area (Å²) in [5, 5.41) is 8.29. The number of hydrogen-bond donors (Lipinski definition) is 2. The zero-order valence-corrected chi connectivity index (χ0v) is 11.5. The molecule has 2 bridgehead atoms. The van der Waals surface area contributed by atoms with E-state index in [0.717, 1.165) is 11.1 Å². The fourth-order valence-electron chi connectivity index (χ4n) is 3.75. The van der Waals surface area contributed by atoms with Gasteiger partial charge in [0.2, 0.25) is 11.1 Å². The molecular weight excluding hydrogens is 232 g/mol. The number of nitrogens with one attached hydrogen (secondary N) is 1. The number of rotatable bonds is 2. The molecule has 1 aromatic rings. The van der Waals surface area contributed by atoms with Gasteiger partial charge in [0.05, 0.1) is 0 Å². The first-order chi connectivity index (χ1) is 7.93. The van der Waals surface area contributed by atoms with E-state index in [4.69, 9.17) is 5.73 Å². The van der Waals surface area contributed by atoms with E-state index in [0.29, 0.717) is 22.0 Å². The topological polar surface area (TPSA) is 67.6 Å². The quantitative estimate of drug-likeness (QED) is 0.849. The Morgan fingerprint density at radius 1 is 1.41 bits per heavy atom. The molecule has 17 heavy (non-hydrogen) atoms. The molecule has 1 heterocycles. The van der Waals surface area contributed by atoms with Crippen LogP contribution in [-0.4, -0.2) is 20.4 Å². The first-order valence-electron chi connectivity index (χ1n) is 6.28. The Morgan fingerprint density at radius 2 is 2.18 bits per heavy atom. The SMILES string of the molecule is CC1(C)[C@@H]2CC[C@@]1(C)[C@@H](Sc1n[nH]c(N)n1)C2. The molecule has 0 aromatic carbocycles. The molecule has 2 saturated carbocycles. The van der Waals surface area contributed by atoms with Gasteiger partial charge in [-0.3, -0.25) is 0 Å². The number of anilines is 1. The first-order valence-corrected chi connectivity index (χ1v) is 7.16. The van der Waals surface area contributed by atoms with Crippen molar-refractivity contribution in [1.29, 1.82) is 0 Å². The molecule has 0 spiro atoms. The van der Waals surface area contributed by atoms with Crippen LogP contribution in [0.25, 0.3) is 0 Å². The van der Waals surface area contributed by atoms with Crippen molar-refractivity contribution in [3.8, 4) is 0 Å². The second-order valence-corrected chi connectivity index (χ2v) is 7.39. The minimum Gasteiger partial charge on any atom is -0.368 e. The Balaban J connectivity index is 1.83. The van der Waals surface area contributed by atoms with Crippen LogP contribution < -0.4 is 5.73 Å². The molecule has 0 amide bonds. The van der Waals surface area contributed by atoms with Crippen LogP contribution in [0.5, 0.6) is 0 Å². The molecule has 0 aliphatic heterocycles. The van der Waals surface area contributed by atoms with Crippen LogP contribution in [-0.2, 0) is 0 Å². The minimum atomic E-state index is 0.414. The van der Waals surface area contributed by atoms with Gasteiger partial charge in [-0.05, 0) is 36.0 Å². The Hall–Kier alpha value is -0.710. The molecule has 3 atom stereocenters. The van der Waals surface area contributed by atoms with Crippen molar-refractivity contribution in [2.45, 2.75) is 50.4 Å². The molecule has 94 valence electrons. The third-order valence-corrected chi connectivity index (χ3v) is 6.83. The molecular formula is C12H20N4S. The van der Waals surface area contributed by atoms with E-state index in [9.17, 15) is 0 Å². The maximum Gasteiger partial charge on any atom is 0.216 e. The van der Waals surface area contributed by atoms with Gasteiger partial charge in [0, 0.05) is 5.25 Å². The third-order valence-electron chi connectivity index (χ3n) is 5.44. The van der Waals surface area contributed by atoms with Gasteiger partial charge in [-0.25, -0.2) is 5.10 Å². The van der Waals surface area contributed by atoms with Crippen LogP contribution in [0, 0.1) is 16.7 Å². The van der Waals surface area contributed by atoms with Crippen molar-refractivity contribution in [1.82, 2.24) is 15.2 Å². The molecule has 5 heteroatoms. The lowest BCUT2D eigenvalue weighted by molar-refractivity contribution is 0.156. The third kappa shape index (κ3) is 1.44. The van der Waals surface area contributed by atoms with Gasteiger partial charge >= 0.3 is 0 Å². The summed E-state index contributed by atoms with van der Waals surface area (Å²) >= 11 is 1.80. The van der Waals surface area contributed by atoms with Gasteiger partial charge in [-0.1, -0.05) is 32.5 Å². The minimum absolute atomic E-state index is 0.414. The van der Waals surface area contributed by atoms with Crippen molar-refractivity contribution in [3.63, 3.8) is 0 Å². The molecule has 0 radical (unpaired) electrons. The second-order valence-electron chi connectivity index (χ2n) is 6.22. The average Bonchev–Trinajstić information content (AvgIpc) is 2.80. The number of nitrogen functional groups attached to an aromatic ring is 1. The Kier molecular flexibility index (Phi) is 2.28.